The van der Waals surface area contributed by atoms with E-state index in [0.29, 0.717) is 23.9 Å². The van der Waals surface area contributed by atoms with E-state index in [1.54, 1.807) is 6.07 Å². The quantitative estimate of drug-likeness (QED) is 0.806. The molecule has 4 nitrogen and oxygen atoms in total. The summed E-state index contributed by atoms with van der Waals surface area (Å²) in [5.74, 6) is 0.0194. The molecule has 1 aromatic rings. The van der Waals surface area contributed by atoms with Crippen LogP contribution >= 0.6 is 11.6 Å². The third-order valence-corrected chi connectivity index (χ3v) is 3.85. The fraction of sp³-hybridized carbons (Fsp3) is 0.600. The van der Waals surface area contributed by atoms with E-state index in [9.17, 15) is 4.79 Å². The minimum atomic E-state index is 0.0194. The van der Waals surface area contributed by atoms with Crippen molar-refractivity contribution in [1.82, 2.24) is 9.88 Å². The van der Waals surface area contributed by atoms with Crippen LogP contribution in [0.3, 0.4) is 0 Å². The second-order valence-electron chi connectivity index (χ2n) is 5.19. The summed E-state index contributed by atoms with van der Waals surface area (Å²) in [6, 6.07) is 3.62. The Kier molecular flexibility index (Phi) is 5.00. The number of hydrogen-bond acceptors (Lipinski definition) is 3. The van der Waals surface area contributed by atoms with E-state index in [4.69, 9.17) is 16.3 Å². The first-order valence-electron chi connectivity index (χ1n) is 7.14. The van der Waals surface area contributed by atoms with E-state index in [1.165, 1.54) is 0 Å². The second kappa shape index (κ2) is 6.55. The van der Waals surface area contributed by atoms with Crippen molar-refractivity contribution in [2.24, 2.45) is 0 Å². The van der Waals surface area contributed by atoms with Crippen molar-refractivity contribution in [1.29, 1.82) is 0 Å². The zero-order chi connectivity index (χ0) is 14.7. The third-order valence-electron chi connectivity index (χ3n) is 3.66. The van der Waals surface area contributed by atoms with Crippen molar-refractivity contribution < 1.29 is 9.53 Å². The number of morpholine rings is 1. The second-order valence-corrected chi connectivity index (χ2v) is 5.57. The van der Waals surface area contributed by atoms with Gasteiger partial charge in [0.2, 0.25) is 0 Å². The van der Waals surface area contributed by atoms with Crippen molar-refractivity contribution in [3.8, 4) is 0 Å². The first kappa shape index (κ1) is 15.3. The summed E-state index contributed by atoms with van der Waals surface area (Å²) in [6.45, 7) is 7.28. The number of rotatable bonds is 3. The van der Waals surface area contributed by atoms with Crippen LogP contribution in [0.15, 0.2) is 12.1 Å². The van der Waals surface area contributed by atoms with Crippen LogP contribution in [-0.4, -0.2) is 41.1 Å². The Labute approximate surface area is 125 Å². The van der Waals surface area contributed by atoms with Crippen molar-refractivity contribution in [2.75, 3.05) is 13.2 Å². The van der Waals surface area contributed by atoms with Gasteiger partial charge in [-0.2, -0.15) is 0 Å². The number of carbonyl (C=O) groups excluding carboxylic acids is 1. The zero-order valence-corrected chi connectivity index (χ0v) is 13.0. The molecule has 2 rings (SSSR count). The van der Waals surface area contributed by atoms with Crippen molar-refractivity contribution in [2.45, 2.75) is 45.8 Å². The summed E-state index contributed by atoms with van der Waals surface area (Å²) in [7, 11) is 0. The van der Waals surface area contributed by atoms with E-state index >= 15 is 0 Å². The molecule has 2 unspecified atom stereocenters. The fourth-order valence-electron chi connectivity index (χ4n) is 2.45. The van der Waals surface area contributed by atoms with E-state index in [-0.39, 0.29) is 18.1 Å². The minimum absolute atomic E-state index is 0.0194. The number of aryl methyl sites for hydroxylation is 1. The molecule has 20 heavy (non-hydrogen) atoms. The SMILES string of the molecule is CCc1cc(C(=O)N2CC(C)OCC2CC)cc(Cl)n1. The average Bonchev–Trinajstić information content (AvgIpc) is 2.45. The Hall–Kier alpha value is -1.13. The Morgan fingerprint density at radius 2 is 2.25 bits per heavy atom. The van der Waals surface area contributed by atoms with Gasteiger partial charge in [-0.25, -0.2) is 4.98 Å². The summed E-state index contributed by atoms with van der Waals surface area (Å²) >= 11 is 6.00. The van der Waals surface area contributed by atoms with Crippen LogP contribution in [0.4, 0.5) is 0 Å². The normalized spacial score (nSPS) is 22.9. The maximum atomic E-state index is 12.7. The molecule has 0 N–H and O–H groups in total. The van der Waals surface area contributed by atoms with Crippen LogP contribution in [0.5, 0.6) is 0 Å². The summed E-state index contributed by atoms with van der Waals surface area (Å²) in [6.07, 6.45) is 1.72. The van der Waals surface area contributed by atoms with Crippen LogP contribution in [0, 0.1) is 0 Å². The van der Waals surface area contributed by atoms with Crippen molar-refractivity contribution in [3.63, 3.8) is 0 Å². The molecule has 0 radical (unpaired) electrons. The standard InChI is InChI=1S/C15H21ClN2O2/c1-4-12-6-11(7-14(16)17-12)15(19)18-8-10(3)20-9-13(18)5-2/h6-7,10,13H,4-5,8-9H2,1-3H3. The highest BCUT2D eigenvalue weighted by Gasteiger charge is 2.30. The number of carbonyl (C=O) groups is 1. The summed E-state index contributed by atoms with van der Waals surface area (Å²) in [4.78, 5) is 18.8. The maximum absolute atomic E-state index is 12.7. The molecular formula is C15H21ClN2O2. The molecule has 110 valence electrons. The number of aromatic nitrogens is 1. The molecule has 0 spiro atoms. The average molecular weight is 297 g/mol. The third kappa shape index (κ3) is 3.30. The predicted molar refractivity (Wildman–Crippen MR) is 79.2 cm³/mol. The van der Waals surface area contributed by atoms with Gasteiger partial charge in [-0.3, -0.25) is 4.79 Å². The monoisotopic (exact) mass is 296 g/mol. The molecule has 2 atom stereocenters. The lowest BCUT2D eigenvalue weighted by molar-refractivity contribution is -0.0444. The Morgan fingerprint density at radius 1 is 1.50 bits per heavy atom. The number of ether oxygens (including phenoxy) is 1. The molecule has 1 saturated heterocycles. The fourth-order valence-corrected chi connectivity index (χ4v) is 2.68. The molecule has 0 bridgehead atoms. The maximum Gasteiger partial charge on any atom is 0.254 e. The molecule has 1 aliphatic heterocycles. The number of pyridine rings is 1. The largest absolute Gasteiger partial charge is 0.375 e. The van der Waals surface area contributed by atoms with Crippen LogP contribution in [-0.2, 0) is 11.2 Å². The predicted octanol–water partition coefficient (Wildman–Crippen LogP) is 2.94. The summed E-state index contributed by atoms with van der Waals surface area (Å²) < 4.78 is 5.63. The lowest BCUT2D eigenvalue weighted by Crippen LogP contribution is -2.51. The van der Waals surface area contributed by atoms with Gasteiger partial charge in [0.05, 0.1) is 18.8 Å². The van der Waals surface area contributed by atoms with Gasteiger partial charge >= 0.3 is 0 Å². The van der Waals surface area contributed by atoms with Crippen LogP contribution in [0.2, 0.25) is 5.15 Å². The van der Waals surface area contributed by atoms with E-state index in [0.717, 1.165) is 18.5 Å². The van der Waals surface area contributed by atoms with Crippen LogP contribution in [0.25, 0.3) is 0 Å². The molecular weight excluding hydrogens is 276 g/mol. The van der Waals surface area contributed by atoms with Gasteiger partial charge in [-0.1, -0.05) is 25.4 Å². The Balaban J connectivity index is 2.26. The minimum Gasteiger partial charge on any atom is -0.375 e. The Morgan fingerprint density at radius 3 is 2.90 bits per heavy atom. The van der Waals surface area contributed by atoms with Gasteiger partial charge in [-0.15, -0.1) is 0 Å². The van der Waals surface area contributed by atoms with Gasteiger partial charge in [0.25, 0.3) is 5.91 Å². The van der Waals surface area contributed by atoms with Gasteiger partial charge < -0.3 is 9.64 Å². The molecule has 5 heteroatoms. The number of halogens is 1. The first-order chi connectivity index (χ1) is 9.55. The van der Waals surface area contributed by atoms with Crippen molar-refractivity contribution >= 4 is 17.5 Å². The highest BCUT2D eigenvalue weighted by Crippen LogP contribution is 2.20. The number of amides is 1. The first-order valence-corrected chi connectivity index (χ1v) is 7.52. The molecule has 0 saturated carbocycles. The zero-order valence-electron chi connectivity index (χ0n) is 12.2. The molecule has 1 aromatic heterocycles. The summed E-state index contributed by atoms with van der Waals surface area (Å²) in [5, 5.41) is 0.377. The van der Waals surface area contributed by atoms with Gasteiger partial charge in [0.15, 0.2) is 0 Å². The van der Waals surface area contributed by atoms with Gasteiger partial charge in [0.1, 0.15) is 5.15 Å². The van der Waals surface area contributed by atoms with Gasteiger partial charge in [-0.05, 0) is 31.9 Å². The van der Waals surface area contributed by atoms with Crippen molar-refractivity contribution in [3.05, 3.63) is 28.5 Å². The lowest BCUT2D eigenvalue weighted by Gasteiger charge is -2.38. The van der Waals surface area contributed by atoms with E-state index < -0.39 is 0 Å². The Bertz CT molecular complexity index is 493. The molecule has 1 aliphatic rings. The van der Waals surface area contributed by atoms with E-state index in [1.807, 2.05) is 24.8 Å². The summed E-state index contributed by atoms with van der Waals surface area (Å²) in [5.41, 5.74) is 1.46. The number of nitrogens with zero attached hydrogens (tertiary/aromatic N) is 2. The van der Waals surface area contributed by atoms with Crippen LogP contribution < -0.4 is 0 Å². The number of hydrogen-bond donors (Lipinski definition) is 0. The highest BCUT2D eigenvalue weighted by atomic mass is 35.5. The van der Waals surface area contributed by atoms with Crippen LogP contribution in [0.1, 0.15) is 43.2 Å². The van der Waals surface area contributed by atoms with E-state index in [2.05, 4.69) is 11.9 Å². The lowest BCUT2D eigenvalue weighted by atomic mass is 10.1. The highest BCUT2D eigenvalue weighted by molar-refractivity contribution is 6.29. The topological polar surface area (TPSA) is 42.4 Å². The molecule has 0 aromatic carbocycles. The van der Waals surface area contributed by atoms with Gasteiger partial charge in [0, 0.05) is 17.8 Å². The molecule has 1 amide bonds. The molecule has 1 fully saturated rings. The molecule has 0 aliphatic carbocycles. The smallest absolute Gasteiger partial charge is 0.254 e. The molecule has 2 heterocycles.